The van der Waals surface area contributed by atoms with Crippen molar-refractivity contribution >= 4 is 33.4 Å². The molecule has 2 aliphatic rings. The van der Waals surface area contributed by atoms with Crippen LogP contribution in [0.3, 0.4) is 0 Å². The average molecular weight is 388 g/mol. The van der Waals surface area contributed by atoms with E-state index < -0.39 is 0 Å². The third-order valence-electron chi connectivity index (χ3n) is 5.93. The molecule has 0 bridgehead atoms. The van der Waals surface area contributed by atoms with Gasteiger partial charge in [0.2, 0.25) is 5.91 Å². The minimum atomic E-state index is -0.226. The Balaban J connectivity index is 1.30. The highest BCUT2D eigenvalue weighted by Gasteiger charge is 2.31. The van der Waals surface area contributed by atoms with Gasteiger partial charge >= 0.3 is 0 Å². The largest absolute Gasteiger partial charge is 0.369 e. The molecule has 2 saturated heterocycles. The van der Waals surface area contributed by atoms with Crippen LogP contribution in [0.25, 0.3) is 10.2 Å². The summed E-state index contributed by atoms with van der Waals surface area (Å²) in [5.41, 5.74) is 6.53. The van der Waals surface area contributed by atoms with Crippen LogP contribution in [-0.2, 0) is 9.59 Å². The number of hydrogen-bond acceptors (Lipinski definition) is 4. The van der Waals surface area contributed by atoms with Crippen molar-refractivity contribution < 1.29 is 14.5 Å². The average Bonchev–Trinajstić information content (AvgIpc) is 3.12. The van der Waals surface area contributed by atoms with Crippen LogP contribution in [0, 0.1) is 5.92 Å². The van der Waals surface area contributed by atoms with Crippen molar-refractivity contribution in [3.8, 4) is 0 Å². The highest BCUT2D eigenvalue weighted by atomic mass is 32.1. The Labute approximate surface area is 163 Å². The fraction of sp³-hybridized carbons (Fsp3) is 0.550. The third-order valence-corrected chi connectivity index (χ3v) is 7.13. The van der Waals surface area contributed by atoms with Crippen LogP contribution >= 0.6 is 11.3 Å². The summed E-state index contributed by atoms with van der Waals surface area (Å²) in [4.78, 5) is 32.1. The maximum Gasteiger partial charge on any atom is 0.277 e. The van der Waals surface area contributed by atoms with Gasteiger partial charge in [-0.25, -0.2) is 4.98 Å². The predicted octanol–water partition coefficient (Wildman–Crippen LogP) is 0.783. The van der Waals surface area contributed by atoms with Crippen molar-refractivity contribution in [2.75, 3.05) is 32.7 Å². The summed E-state index contributed by atoms with van der Waals surface area (Å²) in [6.07, 6.45) is 3.78. The van der Waals surface area contributed by atoms with Gasteiger partial charge in [-0.2, -0.15) is 0 Å². The van der Waals surface area contributed by atoms with Crippen molar-refractivity contribution in [3.05, 3.63) is 29.3 Å². The van der Waals surface area contributed by atoms with E-state index >= 15 is 0 Å². The molecule has 0 saturated carbocycles. The first-order valence-electron chi connectivity index (χ1n) is 9.86. The molecule has 4 rings (SSSR count). The van der Waals surface area contributed by atoms with Crippen LogP contribution in [0.4, 0.5) is 0 Å². The second-order valence-corrected chi connectivity index (χ2v) is 8.86. The van der Waals surface area contributed by atoms with Gasteiger partial charge in [-0.1, -0.05) is 12.1 Å². The Morgan fingerprint density at radius 2 is 2.00 bits per heavy atom. The van der Waals surface area contributed by atoms with E-state index in [0.717, 1.165) is 50.8 Å². The summed E-state index contributed by atoms with van der Waals surface area (Å²) < 4.78 is 1.24. The second-order valence-electron chi connectivity index (χ2n) is 7.80. The molecule has 0 radical (unpaired) electrons. The molecule has 1 aromatic carbocycles. The number of hydrogen-bond donors (Lipinski definition) is 2. The topological polar surface area (TPSA) is 80.7 Å². The zero-order chi connectivity index (χ0) is 18.8. The number of nitrogens with zero attached hydrogens (tertiary/aromatic N) is 2. The molecule has 2 aliphatic heterocycles. The molecule has 1 aromatic heterocycles. The minimum Gasteiger partial charge on any atom is -0.369 e. The SMILES string of the molecule is NC(=O)[C@@H]1CCC[NH+](CC(=O)N2CCC(c3nc4ccccc4s3)CC2)C1. The lowest BCUT2D eigenvalue weighted by molar-refractivity contribution is -0.899. The van der Waals surface area contributed by atoms with Gasteiger partial charge in [0.15, 0.2) is 6.54 Å². The summed E-state index contributed by atoms with van der Waals surface area (Å²) >= 11 is 1.78. The number of carbonyl (C=O) groups is 2. The number of piperidine rings is 2. The predicted molar refractivity (Wildman–Crippen MR) is 106 cm³/mol. The highest BCUT2D eigenvalue weighted by Crippen LogP contribution is 2.33. The number of thiazole rings is 1. The summed E-state index contributed by atoms with van der Waals surface area (Å²) in [5.74, 6) is 0.355. The zero-order valence-corrected chi connectivity index (χ0v) is 16.3. The van der Waals surface area contributed by atoms with Gasteiger partial charge < -0.3 is 15.5 Å². The van der Waals surface area contributed by atoms with E-state index in [1.165, 1.54) is 14.6 Å². The number of carbonyl (C=O) groups excluding carboxylic acids is 2. The quantitative estimate of drug-likeness (QED) is 0.814. The maximum absolute atomic E-state index is 12.7. The lowest BCUT2D eigenvalue weighted by Gasteiger charge is -2.33. The Hall–Kier alpha value is -1.99. The normalized spacial score (nSPS) is 24.2. The van der Waals surface area contributed by atoms with E-state index in [9.17, 15) is 9.59 Å². The van der Waals surface area contributed by atoms with Gasteiger partial charge in [-0.3, -0.25) is 9.59 Å². The number of likely N-dealkylation sites (tertiary alicyclic amines) is 2. The summed E-state index contributed by atoms with van der Waals surface area (Å²) in [6.45, 7) is 3.73. The van der Waals surface area contributed by atoms with Crippen molar-refractivity contribution in [2.24, 2.45) is 11.7 Å². The van der Waals surface area contributed by atoms with E-state index in [4.69, 9.17) is 10.7 Å². The molecule has 27 heavy (non-hydrogen) atoms. The zero-order valence-electron chi connectivity index (χ0n) is 15.5. The number of primary amides is 1. The standard InChI is InChI=1S/C20H26N4O2S/c21-19(26)15-4-3-9-23(12-15)13-18(25)24-10-7-14(8-11-24)20-22-16-5-1-2-6-17(16)27-20/h1-2,5-6,14-15H,3-4,7-13H2,(H2,21,26)/p+1/t15-/m1/s1. The number of benzene rings is 1. The number of quaternary nitrogens is 1. The van der Waals surface area contributed by atoms with Crippen LogP contribution in [-0.4, -0.2) is 54.4 Å². The van der Waals surface area contributed by atoms with E-state index in [-0.39, 0.29) is 17.7 Å². The van der Waals surface area contributed by atoms with E-state index in [0.29, 0.717) is 19.0 Å². The number of para-hydroxylation sites is 1. The first-order chi connectivity index (χ1) is 13.1. The van der Waals surface area contributed by atoms with Gasteiger partial charge in [0, 0.05) is 19.0 Å². The minimum absolute atomic E-state index is 0.0775. The third kappa shape index (κ3) is 4.14. The van der Waals surface area contributed by atoms with Crippen LogP contribution in [0.15, 0.2) is 24.3 Å². The molecule has 2 amide bonds. The van der Waals surface area contributed by atoms with Crippen molar-refractivity contribution in [1.29, 1.82) is 0 Å². The molecule has 144 valence electrons. The summed E-state index contributed by atoms with van der Waals surface area (Å²) in [7, 11) is 0. The molecular formula is C20H27N4O2S+. The van der Waals surface area contributed by atoms with Crippen LogP contribution in [0.5, 0.6) is 0 Å². The molecule has 2 atom stereocenters. The van der Waals surface area contributed by atoms with E-state index in [2.05, 4.69) is 18.2 Å². The fourth-order valence-electron chi connectivity index (χ4n) is 4.32. The van der Waals surface area contributed by atoms with Crippen molar-refractivity contribution in [1.82, 2.24) is 9.88 Å². The van der Waals surface area contributed by atoms with Gasteiger partial charge in [0.1, 0.15) is 0 Å². The number of nitrogens with one attached hydrogen (secondary N) is 1. The number of nitrogens with two attached hydrogens (primary N) is 1. The fourth-order valence-corrected chi connectivity index (χ4v) is 5.46. The molecule has 6 nitrogen and oxygen atoms in total. The Morgan fingerprint density at radius 3 is 2.74 bits per heavy atom. The summed E-state index contributed by atoms with van der Waals surface area (Å²) in [5, 5.41) is 1.20. The lowest BCUT2D eigenvalue weighted by atomic mass is 9.96. The second kappa shape index (κ2) is 7.94. The smallest absolute Gasteiger partial charge is 0.277 e. The Kier molecular flexibility index (Phi) is 5.41. The number of rotatable bonds is 4. The van der Waals surface area contributed by atoms with E-state index in [1.54, 1.807) is 11.3 Å². The molecule has 0 aliphatic carbocycles. The molecule has 2 fully saturated rings. The summed E-state index contributed by atoms with van der Waals surface area (Å²) in [6, 6.07) is 8.26. The first kappa shape index (κ1) is 18.4. The molecule has 3 N–H and O–H groups in total. The Bertz CT molecular complexity index is 795. The van der Waals surface area contributed by atoms with Crippen LogP contribution in [0.1, 0.15) is 36.6 Å². The lowest BCUT2D eigenvalue weighted by Crippen LogP contribution is -3.15. The number of fused-ring (bicyclic) bond motifs is 1. The molecule has 7 heteroatoms. The van der Waals surface area contributed by atoms with Gasteiger partial charge in [0.05, 0.1) is 34.2 Å². The molecule has 2 aromatic rings. The van der Waals surface area contributed by atoms with Crippen molar-refractivity contribution in [2.45, 2.75) is 31.6 Å². The van der Waals surface area contributed by atoms with Gasteiger partial charge in [-0.15, -0.1) is 11.3 Å². The van der Waals surface area contributed by atoms with E-state index in [1.807, 2.05) is 11.0 Å². The monoisotopic (exact) mass is 387 g/mol. The van der Waals surface area contributed by atoms with Crippen LogP contribution in [0.2, 0.25) is 0 Å². The number of aromatic nitrogens is 1. The highest BCUT2D eigenvalue weighted by molar-refractivity contribution is 7.18. The molecule has 3 heterocycles. The number of amides is 2. The Morgan fingerprint density at radius 1 is 1.22 bits per heavy atom. The molecule has 0 spiro atoms. The van der Waals surface area contributed by atoms with Gasteiger partial charge in [-0.05, 0) is 37.8 Å². The van der Waals surface area contributed by atoms with Gasteiger partial charge in [0.25, 0.3) is 5.91 Å². The maximum atomic E-state index is 12.7. The molecular weight excluding hydrogens is 360 g/mol. The van der Waals surface area contributed by atoms with Crippen molar-refractivity contribution in [3.63, 3.8) is 0 Å². The first-order valence-corrected chi connectivity index (χ1v) is 10.7. The molecule has 1 unspecified atom stereocenters. The van der Waals surface area contributed by atoms with Crippen LogP contribution < -0.4 is 10.6 Å².